The SMILES string of the molecule is [2H]C([2H])([2H])C(=O)N(c1ccccc1)C1CCN(C(C)Cc2ccccc2)CC1. The summed E-state index contributed by atoms with van der Waals surface area (Å²) in [6.07, 6.45) is 2.54. The van der Waals surface area contributed by atoms with Gasteiger partial charge in [-0.1, -0.05) is 48.5 Å². The van der Waals surface area contributed by atoms with E-state index < -0.39 is 12.8 Å². The van der Waals surface area contributed by atoms with Crippen molar-refractivity contribution in [2.75, 3.05) is 18.0 Å². The van der Waals surface area contributed by atoms with Gasteiger partial charge in [-0.3, -0.25) is 4.79 Å². The summed E-state index contributed by atoms with van der Waals surface area (Å²) in [5.41, 5.74) is 1.99. The van der Waals surface area contributed by atoms with Gasteiger partial charge in [-0.05, 0) is 43.9 Å². The first kappa shape index (κ1) is 14.1. The van der Waals surface area contributed by atoms with E-state index in [1.807, 2.05) is 36.4 Å². The van der Waals surface area contributed by atoms with Crippen LogP contribution in [0.25, 0.3) is 0 Å². The third-order valence-electron chi connectivity index (χ3n) is 5.11. The van der Waals surface area contributed by atoms with Crippen molar-refractivity contribution in [3.63, 3.8) is 0 Å². The van der Waals surface area contributed by atoms with Crippen molar-refractivity contribution in [1.29, 1.82) is 0 Å². The second-order valence-corrected chi connectivity index (χ2v) is 6.82. The molecule has 1 atom stereocenters. The van der Waals surface area contributed by atoms with Gasteiger partial charge in [0, 0.05) is 41.8 Å². The van der Waals surface area contributed by atoms with E-state index in [0.29, 0.717) is 11.7 Å². The van der Waals surface area contributed by atoms with Crippen LogP contribution in [-0.4, -0.2) is 36.0 Å². The van der Waals surface area contributed by atoms with Crippen LogP contribution >= 0.6 is 0 Å². The van der Waals surface area contributed by atoms with Crippen LogP contribution in [-0.2, 0) is 11.2 Å². The Morgan fingerprint density at radius 3 is 2.32 bits per heavy atom. The molecule has 3 rings (SSSR count). The molecule has 0 bridgehead atoms. The van der Waals surface area contributed by atoms with Gasteiger partial charge >= 0.3 is 0 Å². The van der Waals surface area contributed by atoms with E-state index >= 15 is 0 Å². The van der Waals surface area contributed by atoms with Gasteiger partial charge in [0.1, 0.15) is 0 Å². The second kappa shape index (κ2) is 8.30. The Morgan fingerprint density at radius 1 is 1.12 bits per heavy atom. The Balaban J connectivity index is 1.67. The number of likely N-dealkylation sites (tertiary alicyclic amines) is 1. The Kier molecular flexibility index (Phi) is 4.68. The quantitative estimate of drug-likeness (QED) is 0.817. The van der Waals surface area contributed by atoms with Gasteiger partial charge in [0.05, 0.1) is 0 Å². The molecule has 0 radical (unpaired) electrons. The van der Waals surface area contributed by atoms with Gasteiger partial charge in [0.2, 0.25) is 5.91 Å². The fraction of sp³-hybridized carbons (Fsp3) is 0.409. The molecule has 1 heterocycles. The van der Waals surface area contributed by atoms with Gasteiger partial charge in [0.25, 0.3) is 0 Å². The zero-order chi connectivity index (χ0) is 20.1. The Morgan fingerprint density at radius 2 is 1.72 bits per heavy atom. The average molecular weight is 339 g/mol. The molecule has 0 aliphatic carbocycles. The van der Waals surface area contributed by atoms with Crippen LogP contribution in [0.2, 0.25) is 0 Å². The van der Waals surface area contributed by atoms with Gasteiger partial charge in [-0.15, -0.1) is 0 Å². The molecule has 0 aromatic heterocycles. The van der Waals surface area contributed by atoms with Crippen LogP contribution in [0.5, 0.6) is 0 Å². The molecule has 2 aromatic rings. The number of carbonyl (C=O) groups excluding carboxylic acids is 1. The number of piperidine rings is 1. The number of benzene rings is 2. The topological polar surface area (TPSA) is 23.6 Å². The molecule has 25 heavy (non-hydrogen) atoms. The van der Waals surface area contributed by atoms with Crippen molar-refractivity contribution >= 4 is 11.6 Å². The summed E-state index contributed by atoms with van der Waals surface area (Å²) in [7, 11) is 0. The Bertz CT molecular complexity index is 756. The molecule has 3 nitrogen and oxygen atoms in total. The van der Waals surface area contributed by atoms with Gasteiger partial charge in [-0.25, -0.2) is 0 Å². The van der Waals surface area contributed by atoms with E-state index in [0.717, 1.165) is 32.4 Å². The number of hydrogen-bond acceptors (Lipinski definition) is 2. The number of rotatable bonds is 5. The lowest BCUT2D eigenvalue weighted by Crippen LogP contribution is -2.49. The monoisotopic (exact) mass is 339 g/mol. The minimum absolute atomic E-state index is 0.0875. The first-order valence-corrected chi connectivity index (χ1v) is 9.03. The maximum Gasteiger partial charge on any atom is 0.224 e. The standard InChI is InChI=1S/C22H28N2O/c1-18(17-20-9-5-3-6-10-20)23-15-13-22(14-16-23)24(19(2)25)21-11-7-4-8-12-21/h3-12,18,22H,13-17H2,1-2H3/i2D3. The summed E-state index contributed by atoms with van der Waals surface area (Å²) < 4.78 is 22.8. The lowest BCUT2D eigenvalue weighted by molar-refractivity contribution is -0.117. The van der Waals surface area contributed by atoms with Crippen LogP contribution in [0.15, 0.2) is 60.7 Å². The predicted octanol–water partition coefficient (Wildman–Crippen LogP) is 4.14. The fourth-order valence-electron chi connectivity index (χ4n) is 3.75. The first-order valence-electron chi connectivity index (χ1n) is 10.5. The fourth-order valence-corrected chi connectivity index (χ4v) is 3.75. The number of anilines is 1. The third kappa shape index (κ3) is 4.49. The molecule has 1 amide bonds. The summed E-state index contributed by atoms with van der Waals surface area (Å²) in [6, 6.07) is 19.9. The number of nitrogens with zero attached hydrogens (tertiary/aromatic N) is 2. The molecular formula is C22H28N2O. The Labute approximate surface area is 155 Å². The zero-order valence-electron chi connectivity index (χ0n) is 17.8. The van der Waals surface area contributed by atoms with Crippen molar-refractivity contribution in [2.45, 2.75) is 45.1 Å². The van der Waals surface area contributed by atoms with Crippen molar-refractivity contribution in [3.05, 3.63) is 66.2 Å². The number of hydrogen-bond donors (Lipinski definition) is 0. The van der Waals surface area contributed by atoms with E-state index in [2.05, 4.69) is 36.1 Å². The summed E-state index contributed by atoms with van der Waals surface area (Å²) >= 11 is 0. The molecule has 0 saturated carbocycles. The predicted molar refractivity (Wildman–Crippen MR) is 104 cm³/mol. The number of para-hydroxylation sites is 1. The molecule has 3 heteroatoms. The molecular weight excluding hydrogens is 308 g/mol. The zero-order valence-corrected chi connectivity index (χ0v) is 14.8. The molecule has 132 valence electrons. The minimum atomic E-state index is -2.63. The lowest BCUT2D eigenvalue weighted by Gasteiger charge is -2.40. The third-order valence-corrected chi connectivity index (χ3v) is 5.11. The summed E-state index contributed by atoms with van der Waals surface area (Å²) in [6.45, 7) is 1.32. The molecule has 0 spiro atoms. The maximum atomic E-state index is 12.7. The van der Waals surface area contributed by atoms with E-state index in [4.69, 9.17) is 4.11 Å². The highest BCUT2D eigenvalue weighted by Crippen LogP contribution is 2.25. The smallest absolute Gasteiger partial charge is 0.224 e. The highest BCUT2D eigenvalue weighted by atomic mass is 16.2. The number of carbonyl (C=O) groups is 1. The minimum Gasteiger partial charge on any atom is -0.310 e. The molecule has 1 saturated heterocycles. The van der Waals surface area contributed by atoms with Gasteiger partial charge in [-0.2, -0.15) is 0 Å². The Hall–Kier alpha value is -2.13. The lowest BCUT2D eigenvalue weighted by atomic mass is 9.98. The van der Waals surface area contributed by atoms with E-state index in [1.165, 1.54) is 10.5 Å². The number of amides is 1. The molecule has 1 unspecified atom stereocenters. The molecule has 1 aliphatic heterocycles. The highest BCUT2D eigenvalue weighted by molar-refractivity contribution is 5.92. The maximum absolute atomic E-state index is 12.7. The van der Waals surface area contributed by atoms with Crippen LogP contribution in [0.1, 0.15) is 36.3 Å². The second-order valence-electron chi connectivity index (χ2n) is 6.82. The molecule has 1 fully saturated rings. The summed E-state index contributed by atoms with van der Waals surface area (Å²) in [4.78, 5) is 16.6. The normalized spacial score (nSPS) is 19.5. The van der Waals surface area contributed by atoms with Gasteiger partial charge < -0.3 is 9.80 Å². The van der Waals surface area contributed by atoms with E-state index in [-0.39, 0.29) is 6.04 Å². The van der Waals surface area contributed by atoms with E-state index in [1.54, 1.807) is 0 Å². The highest BCUT2D eigenvalue weighted by Gasteiger charge is 2.28. The van der Waals surface area contributed by atoms with Crippen LogP contribution in [0.4, 0.5) is 5.69 Å². The van der Waals surface area contributed by atoms with Crippen LogP contribution in [0, 0.1) is 0 Å². The molecule has 2 aromatic carbocycles. The summed E-state index contributed by atoms with van der Waals surface area (Å²) in [5.74, 6) is -0.783. The first-order chi connectivity index (χ1) is 13.4. The van der Waals surface area contributed by atoms with Crippen LogP contribution < -0.4 is 4.90 Å². The van der Waals surface area contributed by atoms with E-state index in [9.17, 15) is 4.79 Å². The van der Waals surface area contributed by atoms with Crippen LogP contribution in [0.3, 0.4) is 0 Å². The average Bonchev–Trinajstić information content (AvgIpc) is 2.69. The van der Waals surface area contributed by atoms with Crippen molar-refractivity contribution in [3.8, 4) is 0 Å². The molecule has 0 N–H and O–H groups in total. The van der Waals surface area contributed by atoms with Gasteiger partial charge in [0.15, 0.2) is 0 Å². The molecule has 1 aliphatic rings. The summed E-state index contributed by atoms with van der Waals surface area (Å²) in [5, 5.41) is 0. The van der Waals surface area contributed by atoms with Crippen molar-refractivity contribution in [1.82, 2.24) is 4.90 Å². The van der Waals surface area contributed by atoms with Crippen molar-refractivity contribution < 1.29 is 8.91 Å². The van der Waals surface area contributed by atoms with Crippen molar-refractivity contribution in [2.24, 2.45) is 0 Å². The largest absolute Gasteiger partial charge is 0.310 e.